The fourth-order valence-corrected chi connectivity index (χ4v) is 2.06. The van der Waals surface area contributed by atoms with Gasteiger partial charge >= 0.3 is 6.18 Å². The van der Waals surface area contributed by atoms with E-state index in [1.54, 1.807) is 12.1 Å². The SMILES string of the molecule is FC(F)(F)c1cccc(Nc2ccc3ccccc3n2)c1. The molecule has 21 heavy (non-hydrogen) atoms. The van der Waals surface area contributed by atoms with Crippen LogP contribution in [0.25, 0.3) is 10.9 Å². The standard InChI is InChI=1S/C16H11F3N2/c17-16(18,19)12-5-3-6-13(10-12)20-15-9-8-11-4-1-2-7-14(11)21-15/h1-10H,(H,20,21). The summed E-state index contributed by atoms with van der Waals surface area (Å²) >= 11 is 0. The van der Waals surface area contributed by atoms with Crippen LogP contribution in [0.3, 0.4) is 0 Å². The second-order valence-electron chi connectivity index (χ2n) is 4.59. The maximum Gasteiger partial charge on any atom is 0.416 e. The molecule has 0 aliphatic carbocycles. The van der Waals surface area contributed by atoms with Crippen LogP contribution in [0.4, 0.5) is 24.7 Å². The quantitative estimate of drug-likeness (QED) is 0.718. The third kappa shape index (κ3) is 2.97. The normalized spacial score (nSPS) is 11.6. The van der Waals surface area contributed by atoms with Crippen LogP contribution in [0.15, 0.2) is 60.7 Å². The molecule has 0 amide bonds. The van der Waals surface area contributed by atoms with Gasteiger partial charge < -0.3 is 5.32 Å². The summed E-state index contributed by atoms with van der Waals surface area (Å²) in [6.07, 6.45) is -4.35. The lowest BCUT2D eigenvalue weighted by molar-refractivity contribution is -0.137. The molecule has 0 aliphatic heterocycles. The predicted molar refractivity (Wildman–Crippen MR) is 76.5 cm³/mol. The van der Waals surface area contributed by atoms with E-state index in [0.717, 1.165) is 23.0 Å². The summed E-state index contributed by atoms with van der Waals surface area (Å²) in [6.45, 7) is 0. The minimum absolute atomic E-state index is 0.354. The molecule has 106 valence electrons. The molecule has 0 saturated heterocycles. The molecule has 0 saturated carbocycles. The Morgan fingerprint density at radius 2 is 1.67 bits per heavy atom. The van der Waals surface area contributed by atoms with Gasteiger partial charge in [-0.15, -0.1) is 0 Å². The van der Waals surface area contributed by atoms with Gasteiger partial charge in [0.25, 0.3) is 0 Å². The highest BCUT2D eigenvalue weighted by Crippen LogP contribution is 2.31. The number of anilines is 2. The van der Waals surface area contributed by atoms with E-state index >= 15 is 0 Å². The van der Waals surface area contributed by atoms with Gasteiger partial charge in [0.2, 0.25) is 0 Å². The fourth-order valence-electron chi connectivity index (χ4n) is 2.06. The number of alkyl halides is 3. The first-order valence-electron chi connectivity index (χ1n) is 6.32. The first kappa shape index (κ1) is 13.4. The Bertz CT molecular complexity index is 782. The average molecular weight is 288 g/mol. The monoisotopic (exact) mass is 288 g/mol. The highest BCUT2D eigenvalue weighted by molar-refractivity contribution is 5.80. The van der Waals surface area contributed by atoms with Crippen molar-refractivity contribution in [2.45, 2.75) is 6.18 Å². The number of fused-ring (bicyclic) bond motifs is 1. The smallest absolute Gasteiger partial charge is 0.340 e. The zero-order valence-electron chi connectivity index (χ0n) is 10.9. The Balaban J connectivity index is 1.91. The van der Waals surface area contributed by atoms with Crippen molar-refractivity contribution in [3.05, 3.63) is 66.2 Å². The van der Waals surface area contributed by atoms with Gasteiger partial charge in [0, 0.05) is 11.1 Å². The van der Waals surface area contributed by atoms with Crippen LogP contribution in [0.1, 0.15) is 5.56 Å². The number of rotatable bonds is 2. The maximum absolute atomic E-state index is 12.7. The van der Waals surface area contributed by atoms with Crippen LogP contribution >= 0.6 is 0 Å². The molecule has 0 fully saturated rings. The lowest BCUT2D eigenvalue weighted by Crippen LogP contribution is -2.05. The molecule has 0 atom stereocenters. The van der Waals surface area contributed by atoms with Crippen molar-refractivity contribution in [3.8, 4) is 0 Å². The number of benzene rings is 2. The van der Waals surface area contributed by atoms with E-state index in [1.165, 1.54) is 6.07 Å². The van der Waals surface area contributed by atoms with Gasteiger partial charge in [-0.25, -0.2) is 4.98 Å². The van der Waals surface area contributed by atoms with Crippen LogP contribution in [0, 0.1) is 0 Å². The van der Waals surface area contributed by atoms with Crippen LogP contribution in [0.2, 0.25) is 0 Å². The van der Waals surface area contributed by atoms with E-state index < -0.39 is 11.7 Å². The molecular weight excluding hydrogens is 277 g/mol. The molecule has 5 heteroatoms. The molecule has 0 aliphatic rings. The molecule has 3 rings (SSSR count). The molecular formula is C16H11F3N2. The van der Waals surface area contributed by atoms with Gasteiger partial charge in [0.15, 0.2) is 0 Å². The van der Waals surface area contributed by atoms with E-state index in [0.29, 0.717) is 11.5 Å². The van der Waals surface area contributed by atoms with Gasteiger partial charge in [0.1, 0.15) is 5.82 Å². The summed E-state index contributed by atoms with van der Waals surface area (Å²) in [6, 6.07) is 16.2. The predicted octanol–water partition coefficient (Wildman–Crippen LogP) is 5.00. The van der Waals surface area contributed by atoms with Gasteiger partial charge in [0.05, 0.1) is 11.1 Å². The summed E-state index contributed by atoms with van der Waals surface area (Å²) in [7, 11) is 0. The van der Waals surface area contributed by atoms with Gasteiger partial charge in [-0.1, -0.05) is 24.3 Å². The number of pyridine rings is 1. The number of nitrogens with one attached hydrogen (secondary N) is 1. The van der Waals surface area contributed by atoms with E-state index in [2.05, 4.69) is 10.3 Å². The number of hydrogen-bond donors (Lipinski definition) is 1. The van der Waals surface area contributed by atoms with Gasteiger partial charge in [-0.3, -0.25) is 0 Å². The molecule has 0 unspecified atom stereocenters. The Kier molecular flexibility index (Phi) is 3.25. The van der Waals surface area contributed by atoms with Crippen molar-refractivity contribution in [2.24, 2.45) is 0 Å². The second kappa shape index (κ2) is 5.09. The minimum Gasteiger partial charge on any atom is -0.340 e. The first-order chi connectivity index (χ1) is 10.0. The van der Waals surface area contributed by atoms with Crippen molar-refractivity contribution in [1.82, 2.24) is 4.98 Å². The van der Waals surface area contributed by atoms with E-state index in [1.807, 2.05) is 30.3 Å². The number of halogens is 3. The average Bonchev–Trinajstić information content (AvgIpc) is 2.46. The summed E-state index contributed by atoms with van der Waals surface area (Å²) in [5.74, 6) is 0.507. The number of hydrogen-bond acceptors (Lipinski definition) is 2. The van der Waals surface area contributed by atoms with E-state index in [9.17, 15) is 13.2 Å². The van der Waals surface area contributed by atoms with Crippen LogP contribution < -0.4 is 5.32 Å². The highest BCUT2D eigenvalue weighted by atomic mass is 19.4. The molecule has 2 nitrogen and oxygen atoms in total. The minimum atomic E-state index is -4.35. The lowest BCUT2D eigenvalue weighted by atomic mass is 10.2. The lowest BCUT2D eigenvalue weighted by Gasteiger charge is -2.10. The molecule has 0 radical (unpaired) electrons. The van der Waals surface area contributed by atoms with Crippen molar-refractivity contribution < 1.29 is 13.2 Å². The van der Waals surface area contributed by atoms with Crippen LogP contribution in [-0.4, -0.2) is 4.98 Å². The summed E-state index contributed by atoms with van der Waals surface area (Å²) in [5, 5.41) is 3.88. The van der Waals surface area contributed by atoms with Crippen molar-refractivity contribution in [3.63, 3.8) is 0 Å². The molecule has 1 heterocycles. The van der Waals surface area contributed by atoms with E-state index in [4.69, 9.17) is 0 Å². The third-order valence-corrected chi connectivity index (χ3v) is 3.06. The zero-order chi connectivity index (χ0) is 14.9. The fraction of sp³-hybridized carbons (Fsp3) is 0.0625. The summed E-state index contributed by atoms with van der Waals surface area (Å²) < 4.78 is 38.0. The molecule has 2 aromatic carbocycles. The number of nitrogens with zero attached hydrogens (tertiary/aromatic N) is 1. The number of aromatic nitrogens is 1. The third-order valence-electron chi connectivity index (χ3n) is 3.06. The number of para-hydroxylation sites is 1. The molecule has 1 N–H and O–H groups in total. The summed E-state index contributed by atoms with van der Waals surface area (Å²) in [4.78, 5) is 4.37. The molecule has 0 spiro atoms. The van der Waals surface area contributed by atoms with Gasteiger partial charge in [-0.2, -0.15) is 13.2 Å². The molecule has 0 bridgehead atoms. The van der Waals surface area contributed by atoms with Crippen LogP contribution in [-0.2, 0) is 6.18 Å². The highest BCUT2D eigenvalue weighted by Gasteiger charge is 2.30. The van der Waals surface area contributed by atoms with Crippen molar-refractivity contribution in [1.29, 1.82) is 0 Å². The van der Waals surface area contributed by atoms with Crippen LogP contribution in [0.5, 0.6) is 0 Å². The Hall–Kier alpha value is -2.56. The topological polar surface area (TPSA) is 24.9 Å². The Labute approximate surface area is 119 Å². The molecule has 3 aromatic rings. The summed E-state index contributed by atoms with van der Waals surface area (Å²) in [5.41, 5.74) is 0.454. The Morgan fingerprint density at radius 1 is 0.857 bits per heavy atom. The zero-order valence-corrected chi connectivity index (χ0v) is 10.9. The largest absolute Gasteiger partial charge is 0.416 e. The van der Waals surface area contributed by atoms with Crippen molar-refractivity contribution >= 4 is 22.4 Å². The second-order valence-corrected chi connectivity index (χ2v) is 4.59. The molecule has 1 aromatic heterocycles. The van der Waals surface area contributed by atoms with Gasteiger partial charge in [-0.05, 0) is 36.4 Å². The Morgan fingerprint density at radius 3 is 2.48 bits per heavy atom. The maximum atomic E-state index is 12.7. The van der Waals surface area contributed by atoms with E-state index in [-0.39, 0.29) is 0 Å². The van der Waals surface area contributed by atoms with Crippen molar-refractivity contribution in [2.75, 3.05) is 5.32 Å². The first-order valence-corrected chi connectivity index (χ1v) is 6.32.